The molecule has 1 aliphatic heterocycles. The minimum absolute atomic E-state index is 0.489. The van der Waals surface area contributed by atoms with Crippen LogP contribution in [0.5, 0.6) is 0 Å². The maximum Gasteiger partial charge on any atom is 0.244 e. The molecule has 2 aromatic carbocycles. The SMILES string of the molecule is CCN1CCN(c2ccc(NC(=O)[C@H](C)NS(=O)(=O)c3ccccc3F)cc2)CC1. The molecule has 9 heteroatoms. The number of carbonyl (C=O) groups excluding carboxylic acids is 1. The summed E-state index contributed by atoms with van der Waals surface area (Å²) in [4.78, 5) is 16.6. The predicted molar refractivity (Wildman–Crippen MR) is 116 cm³/mol. The Morgan fingerprint density at radius 2 is 1.70 bits per heavy atom. The van der Waals surface area contributed by atoms with Crippen LogP contribution in [0.2, 0.25) is 0 Å². The van der Waals surface area contributed by atoms with Crippen molar-refractivity contribution in [1.82, 2.24) is 9.62 Å². The van der Waals surface area contributed by atoms with Gasteiger partial charge in [-0.1, -0.05) is 19.1 Å². The van der Waals surface area contributed by atoms with Crippen molar-refractivity contribution >= 4 is 27.3 Å². The zero-order valence-corrected chi connectivity index (χ0v) is 18.0. The number of hydrogen-bond donors (Lipinski definition) is 2. The largest absolute Gasteiger partial charge is 0.369 e. The fourth-order valence-corrected chi connectivity index (χ4v) is 4.62. The highest BCUT2D eigenvalue weighted by molar-refractivity contribution is 7.89. The molecule has 0 unspecified atom stereocenters. The summed E-state index contributed by atoms with van der Waals surface area (Å²) in [7, 11) is -4.15. The van der Waals surface area contributed by atoms with Crippen LogP contribution >= 0.6 is 0 Å². The third kappa shape index (κ3) is 5.35. The summed E-state index contributed by atoms with van der Waals surface area (Å²) in [6, 6.07) is 11.4. The number of rotatable bonds is 7. The Morgan fingerprint density at radius 3 is 2.30 bits per heavy atom. The van der Waals surface area contributed by atoms with E-state index < -0.39 is 32.7 Å². The topological polar surface area (TPSA) is 81.8 Å². The lowest BCUT2D eigenvalue weighted by molar-refractivity contribution is -0.117. The molecule has 3 rings (SSSR count). The van der Waals surface area contributed by atoms with Crippen LogP contribution in [-0.4, -0.2) is 58.0 Å². The van der Waals surface area contributed by atoms with E-state index in [0.29, 0.717) is 5.69 Å². The second-order valence-electron chi connectivity index (χ2n) is 7.23. The third-order valence-electron chi connectivity index (χ3n) is 5.17. The van der Waals surface area contributed by atoms with E-state index in [1.54, 1.807) is 12.1 Å². The molecule has 1 amide bonds. The fourth-order valence-electron chi connectivity index (χ4n) is 3.34. The molecule has 1 aliphatic rings. The number of halogens is 1. The number of amides is 1. The van der Waals surface area contributed by atoms with Gasteiger partial charge in [-0.25, -0.2) is 12.8 Å². The van der Waals surface area contributed by atoms with Gasteiger partial charge in [0.1, 0.15) is 10.7 Å². The first-order valence-corrected chi connectivity index (χ1v) is 11.4. The van der Waals surface area contributed by atoms with Crippen molar-refractivity contribution in [3.8, 4) is 0 Å². The molecule has 1 heterocycles. The van der Waals surface area contributed by atoms with E-state index in [1.807, 2.05) is 12.1 Å². The Hall–Kier alpha value is -2.49. The third-order valence-corrected chi connectivity index (χ3v) is 6.74. The van der Waals surface area contributed by atoms with Crippen LogP contribution in [0.3, 0.4) is 0 Å². The maximum atomic E-state index is 13.8. The second kappa shape index (κ2) is 9.55. The first-order chi connectivity index (χ1) is 14.3. The van der Waals surface area contributed by atoms with Gasteiger partial charge in [-0.3, -0.25) is 4.79 Å². The number of likely N-dealkylation sites (N-methyl/N-ethyl adjacent to an activating group) is 1. The molecule has 1 saturated heterocycles. The van der Waals surface area contributed by atoms with Gasteiger partial charge in [-0.2, -0.15) is 4.72 Å². The summed E-state index contributed by atoms with van der Waals surface area (Å²) in [6.45, 7) is 8.57. The number of carbonyl (C=O) groups is 1. The lowest BCUT2D eigenvalue weighted by Crippen LogP contribution is -2.46. The zero-order chi connectivity index (χ0) is 21.7. The van der Waals surface area contributed by atoms with Gasteiger partial charge in [-0.15, -0.1) is 0 Å². The van der Waals surface area contributed by atoms with Crippen LogP contribution < -0.4 is 14.9 Å². The van der Waals surface area contributed by atoms with E-state index in [9.17, 15) is 17.6 Å². The van der Waals surface area contributed by atoms with Gasteiger partial charge in [-0.05, 0) is 49.9 Å². The van der Waals surface area contributed by atoms with Crippen molar-refractivity contribution in [2.24, 2.45) is 0 Å². The van der Waals surface area contributed by atoms with E-state index in [4.69, 9.17) is 0 Å². The van der Waals surface area contributed by atoms with Crippen molar-refractivity contribution < 1.29 is 17.6 Å². The molecule has 0 aliphatic carbocycles. The molecule has 1 atom stereocenters. The van der Waals surface area contributed by atoms with Gasteiger partial charge in [0, 0.05) is 37.6 Å². The van der Waals surface area contributed by atoms with E-state index in [-0.39, 0.29) is 0 Å². The normalized spacial score (nSPS) is 16.3. The van der Waals surface area contributed by atoms with Crippen LogP contribution in [0, 0.1) is 5.82 Å². The molecule has 0 radical (unpaired) electrons. The number of nitrogens with one attached hydrogen (secondary N) is 2. The Balaban J connectivity index is 1.58. The van der Waals surface area contributed by atoms with Crippen molar-refractivity contribution in [1.29, 1.82) is 0 Å². The highest BCUT2D eigenvalue weighted by Gasteiger charge is 2.24. The molecule has 7 nitrogen and oxygen atoms in total. The second-order valence-corrected chi connectivity index (χ2v) is 8.91. The van der Waals surface area contributed by atoms with Gasteiger partial charge in [0.2, 0.25) is 15.9 Å². The summed E-state index contributed by atoms with van der Waals surface area (Å²) in [5.74, 6) is -1.40. The Morgan fingerprint density at radius 1 is 1.07 bits per heavy atom. The molecule has 1 fully saturated rings. The van der Waals surface area contributed by atoms with E-state index in [1.165, 1.54) is 19.1 Å². The molecule has 0 aromatic heterocycles. The van der Waals surface area contributed by atoms with Gasteiger partial charge in [0.15, 0.2) is 0 Å². The first-order valence-electron chi connectivity index (χ1n) is 9.95. The Labute approximate surface area is 176 Å². The van der Waals surface area contributed by atoms with E-state index >= 15 is 0 Å². The molecular weight excluding hydrogens is 407 g/mol. The van der Waals surface area contributed by atoms with E-state index in [2.05, 4.69) is 26.8 Å². The summed E-state index contributed by atoms with van der Waals surface area (Å²) in [5, 5.41) is 2.69. The quantitative estimate of drug-likeness (QED) is 0.699. The van der Waals surface area contributed by atoms with Crippen LogP contribution in [0.1, 0.15) is 13.8 Å². The van der Waals surface area contributed by atoms with Crippen molar-refractivity contribution in [2.75, 3.05) is 42.9 Å². The monoisotopic (exact) mass is 434 g/mol. The van der Waals surface area contributed by atoms with E-state index in [0.717, 1.165) is 50.5 Å². The summed E-state index contributed by atoms with van der Waals surface area (Å²) in [6.07, 6.45) is 0. The Kier molecular flexibility index (Phi) is 7.06. The van der Waals surface area contributed by atoms with Crippen molar-refractivity contribution in [3.63, 3.8) is 0 Å². The van der Waals surface area contributed by atoms with Crippen LogP contribution in [0.4, 0.5) is 15.8 Å². The first kappa shape index (κ1) is 22.2. The highest BCUT2D eigenvalue weighted by atomic mass is 32.2. The highest BCUT2D eigenvalue weighted by Crippen LogP contribution is 2.20. The average Bonchev–Trinajstić information content (AvgIpc) is 2.74. The predicted octanol–water partition coefficient (Wildman–Crippen LogP) is 2.27. The maximum absolute atomic E-state index is 13.8. The number of nitrogens with zero attached hydrogens (tertiary/aromatic N) is 2. The van der Waals surface area contributed by atoms with Gasteiger partial charge in [0.25, 0.3) is 0 Å². The molecule has 30 heavy (non-hydrogen) atoms. The fraction of sp³-hybridized carbons (Fsp3) is 0.381. The van der Waals surface area contributed by atoms with Crippen LogP contribution in [-0.2, 0) is 14.8 Å². The average molecular weight is 435 g/mol. The van der Waals surface area contributed by atoms with Crippen molar-refractivity contribution in [3.05, 3.63) is 54.3 Å². The van der Waals surface area contributed by atoms with Crippen molar-refractivity contribution in [2.45, 2.75) is 24.8 Å². The minimum atomic E-state index is -4.15. The molecule has 0 bridgehead atoms. The number of hydrogen-bond acceptors (Lipinski definition) is 5. The lowest BCUT2D eigenvalue weighted by atomic mass is 10.2. The molecule has 2 aromatic rings. The number of piperazine rings is 1. The van der Waals surface area contributed by atoms with Crippen LogP contribution in [0.25, 0.3) is 0 Å². The summed E-state index contributed by atoms with van der Waals surface area (Å²) >= 11 is 0. The number of sulfonamides is 1. The molecular formula is C21H27FN4O3S. The zero-order valence-electron chi connectivity index (χ0n) is 17.1. The summed E-state index contributed by atoms with van der Waals surface area (Å²) < 4.78 is 40.7. The van der Waals surface area contributed by atoms with Crippen LogP contribution in [0.15, 0.2) is 53.4 Å². The lowest BCUT2D eigenvalue weighted by Gasteiger charge is -2.35. The number of benzene rings is 2. The molecule has 2 N–H and O–H groups in total. The molecule has 0 saturated carbocycles. The van der Waals surface area contributed by atoms with Gasteiger partial charge >= 0.3 is 0 Å². The molecule has 162 valence electrons. The smallest absolute Gasteiger partial charge is 0.244 e. The number of anilines is 2. The Bertz CT molecular complexity index is 974. The minimum Gasteiger partial charge on any atom is -0.369 e. The van der Waals surface area contributed by atoms with Gasteiger partial charge < -0.3 is 15.1 Å². The van der Waals surface area contributed by atoms with Gasteiger partial charge in [0.05, 0.1) is 6.04 Å². The summed E-state index contributed by atoms with van der Waals surface area (Å²) in [5.41, 5.74) is 1.64. The molecule has 0 spiro atoms. The standard InChI is InChI=1S/C21H27FN4O3S/c1-3-25-12-14-26(15-13-25)18-10-8-17(9-11-18)23-21(27)16(2)24-30(28,29)20-7-5-4-6-19(20)22/h4-11,16,24H,3,12-15H2,1-2H3,(H,23,27)/t16-/m0/s1.